The number of hydrogen-bond donors (Lipinski definition) is 2. The van der Waals surface area contributed by atoms with Gasteiger partial charge in [0.15, 0.2) is 0 Å². The van der Waals surface area contributed by atoms with E-state index in [2.05, 4.69) is 26.1 Å². The number of benzene rings is 1. The summed E-state index contributed by atoms with van der Waals surface area (Å²) in [5, 5.41) is 14.5. The molecule has 0 bridgehead atoms. The summed E-state index contributed by atoms with van der Waals surface area (Å²) < 4.78 is 5.27. The third-order valence-corrected chi connectivity index (χ3v) is 2.94. The van der Waals surface area contributed by atoms with Crippen LogP contribution in [0.5, 0.6) is 5.75 Å². The molecule has 18 heavy (non-hydrogen) atoms. The Morgan fingerprint density at radius 1 is 1.28 bits per heavy atom. The van der Waals surface area contributed by atoms with E-state index in [1.165, 1.54) is 0 Å². The molecular weight excluding hydrogens is 250 g/mol. The fraction of sp³-hybridized carbons (Fsp3) is 0.571. The number of hydrogen-bond acceptors (Lipinski definition) is 3. The Morgan fingerprint density at radius 3 is 2.39 bits per heavy atom. The van der Waals surface area contributed by atoms with Crippen molar-refractivity contribution < 1.29 is 9.84 Å². The maximum Gasteiger partial charge on any atom is 0.125 e. The van der Waals surface area contributed by atoms with Crippen LogP contribution in [0.2, 0.25) is 5.02 Å². The molecular formula is C14H22ClNO2. The van der Waals surface area contributed by atoms with E-state index in [-0.39, 0.29) is 5.54 Å². The lowest BCUT2D eigenvalue weighted by Crippen LogP contribution is -2.44. The molecule has 0 amide bonds. The van der Waals surface area contributed by atoms with Crippen LogP contribution < -0.4 is 10.1 Å². The molecule has 2 N–H and O–H groups in total. The number of rotatable bonds is 4. The molecule has 0 fully saturated rings. The van der Waals surface area contributed by atoms with E-state index in [0.717, 1.165) is 0 Å². The van der Waals surface area contributed by atoms with Crippen molar-refractivity contribution in [2.45, 2.75) is 38.8 Å². The summed E-state index contributed by atoms with van der Waals surface area (Å²) in [5.41, 5.74) is -0.409. The third kappa shape index (κ3) is 4.16. The number of halogens is 1. The van der Waals surface area contributed by atoms with Gasteiger partial charge in [0.05, 0.1) is 7.11 Å². The van der Waals surface area contributed by atoms with Crippen molar-refractivity contribution in [2.24, 2.45) is 0 Å². The number of ether oxygens (including phenoxy) is 1. The lowest BCUT2D eigenvalue weighted by atomic mass is 9.93. The van der Waals surface area contributed by atoms with Gasteiger partial charge in [-0.25, -0.2) is 0 Å². The van der Waals surface area contributed by atoms with Crippen LogP contribution in [0.25, 0.3) is 0 Å². The zero-order valence-corrected chi connectivity index (χ0v) is 12.4. The predicted molar refractivity (Wildman–Crippen MR) is 75.3 cm³/mol. The standard InChI is InChI=1S/C14H22ClNO2/c1-13(2,3)16-9-14(4,17)11-8-10(15)6-7-12(11)18-5/h6-8,16-17H,9H2,1-5H3. The summed E-state index contributed by atoms with van der Waals surface area (Å²) in [6, 6.07) is 5.26. The molecule has 0 aliphatic heterocycles. The van der Waals surface area contributed by atoms with Crippen LogP contribution >= 0.6 is 11.6 Å². The Hall–Kier alpha value is -0.770. The second kappa shape index (κ2) is 5.47. The van der Waals surface area contributed by atoms with Gasteiger partial charge in [-0.05, 0) is 45.9 Å². The molecule has 1 aromatic carbocycles. The van der Waals surface area contributed by atoms with Crippen molar-refractivity contribution in [1.82, 2.24) is 5.32 Å². The Morgan fingerprint density at radius 2 is 1.89 bits per heavy atom. The average Bonchev–Trinajstić information content (AvgIpc) is 2.26. The highest BCUT2D eigenvalue weighted by molar-refractivity contribution is 6.30. The van der Waals surface area contributed by atoms with E-state index in [4.69, 9.17) is 16.3 Å². The first-order valence-corrected chi connectivity index (χ1v) is 6.35. The molecule has 0 aromatic heterocycles. The minimum Gasteiger partial charge on any atom is -0.496 e. The van der Waals surface area contributed by atoms with Crippen LogP contribution in [-0.2, 0) is 5.60 Å². The van der Waals surface area contributed by atoms with Crippen LogP contribution in [0.3, 0.4) is 0 Å². The van der Waals surface area contributed by atoms with Gasteiger partial charge in [-0.3, -0.25) is 0 Å². The van der Waals surface area contributed by atoms with Crippen LogP contribution in [0.1, 0.15) is 33.3 Å². The molecule has 0 saturated carbocycles. The van der Waals surface area contributed by atoms with Gasteiger partial charge in [0.1, 0.15) is 11.4 Å². The lowest BCUT2D eigenvalue weighted by molar-refractivity contribution is 0.0477. The summed E-state index contributed by atoms with van der Waals surface area (Å²) in [7, 11) is 1.58. The number of β-amino-alcohol motifs (C(OH)–C–C–N with tert-alkyl or cyclic N) is 1. The van der Waals surface area contributed by atoms with Gasteiger partial charge < -0.3 is 15.2 Å². The van der Waals surface area contributed by atoms with E-state index >= 15 is 0 Å². The Labute approximate surface area is 114 Å². The first-order chi connectivity index (χ1) is 8.15. The third-order valence-electron chi connectivity index (χ3n) is 2.70. The van der Waals surface area contributed by atoms with Crippen LogP contribution in [0.15, 0.2) is 18.2 Å². The van der Waals surface area contributed by atoms with Crippen molar-refractivity contribution in [1.29, 1.82) is 0 Å². The number of methoxy groups -OCH3 is 1. The molecule has 1 unspecified atom stereocenters. The Kier molecular flexibility index (Phi) is 4.65. The topological polar surface area (TPSA) is 41.5 Å². The monoisotopic (exact) mass is 271 g/mol. The molecule has 4 heteroatoms. The Bertz CT molecular complexity index is 411. The van der Waals surface area contributed by atoms with Crippen LogP contribution in [0.4, 0.5) is 0 Å². The van der Waals surface area contributed by atoms with Crippen LogP contribution in [-0.4, -0.2) is 24.3 Å². The molecule has 102 valence electrons. The molecule has 1 atom stereocenters. The van der Waals surface area contributed by atoms with Gasteiger partial charge in [0.2, 0.25) is 0 Å². The Balaban J connectivity index is 2.99. The normalized spacial score (nSPS) is 15.3. The maximum atomic E-state index is 10.6. The highest BCUT2D eigenvalue weighted by Gasteiger charge is 2.28. The number of aliphatic hydroxyl groups is 1. The summed E-state index contributed by atoms with van der Waals surface area (Å²) in [6.07, 6.45) is 0. The smallest absolute Gasteiger partial charge is 0.125 e. The van der Waals surface area contributed by atoms with E-state index < -0.39 is 5.60 Å². The minimum atomic E-state index is -1.04. The zero-order chi connectivity index (χ0) is 14.0. The molecule has 3 nitrogen and oxygen atoms in total. The summed E-state index contributed by atoms with van der Waals surface area (Å²) >= 11 is 5.98. The van der Waals surface area contributed by atoms with Crippen molar-refractivity contribution in [3.63, 3.8) is 0 Å². The first-order valence-electron chi connectivity index (χ1n) is 5.97. The van der Waals surface area contributed by atoms with Gasteiger partial charge in [0, 0.05) is 22.7 Å². The highest BCUT2D eigenvalue weighted by Crippen LogP contribution is 2.32. The van der Waals surface area contributed by atoms with Crippen molar-refractivity contribution in [3.8, 4) is 5.75 Å². The SMILES string of the molecule is COc1ccc(Cl)cc1C(C)(O)CNC(C)(C)C. The van der Waals surface area contributed by atoms with Gasteiger partial charge in [-0.15, -0.1) is 0 Å². The van der Waals surface area contributed by atoms with E-state index in [9.17, 15) is 5.11 Å². The fourth-order valence-corrected chi connectivity index (χ4v) is 1.81. The predicted octanol–water partition coefficient (Wildman–Crippen LogP) is 2.94. The molecule has 0 aliphatic rings. The maximum absolute atomic E-state index is 10.6. The molecule has 1 aromatic rings. The van der Waals surface area contributed by atoms with Crippen molar-refractivity contribution >= 4 is 11.6 Å². The average molecular weight is 272 g/mol. The molecule has 0 heterocycles. The van der Waals surface area contributed by atoms with Crippen molar-refractivity contribution in [3.05, 3.63) is 28.8 Å². The summed E-state index contributed by atoms with van der Waals surface area (Å²) in [4.78, 5) is 0. The van der Waals surface area contributed by atoms with Gasteiger partial charge in [-0.2, -0.15) is 0 Å². The lowest BCUT2D eigenvalue weighted by Gasteiger charge is -2.30. The highest BCUT2D eigenvalue weighted by atomic mass is 35.5. The fourth-order valence-electron chi connectivity index (χ4n) is 1.63. The second-order valence-corrected chi connectivity index (χ2v) is 6.16. The van der Waals surface area contributed by atoms with Crippen molar-refractivity contribution in [2.75, 3.05) is 13.7 Å². The molecule has 0 saturated heterocycles. The number of nitrogens with one attached hydrogen (secondary N) is 1. The quantitative estimate of drug-likeness (QED) is 0.885. The molecule has 1 rings (SSSR count). The summed E-state index contributed by atoms with van der Waals surface area (Å²) in [5.74, 6) is 0.639. The zero-order valence-electron chi connectivity index (χ0n) is 11.7. The van der Waals surface area contributed by atoms with E-state index in [1.807, 2.05) is 0 Å². The first kappa shape index (κ1) is 15.3. The largest absolute Gasteiger partial charge is 0.496 e. The van der Waals surface area contributed by atoms with Gasteiger partial charge in [-0.1, -0.05) is 11.6 Å². The minimum absolute atomic E-state index is 0.0597. The van der Waals surface area contributed by atoms with E-state index in [1.54, 1.807) is 32.2 Å². The molecule has 0 aliphatic carbocycles. The van der Waals surface area contributed by atoms with Crippen LogP contribution in [0, 0.1) is 0 Å². The van der Waals surface area contributed by atoms with Gasteiger partial charge >= 0.3 is 0 Å². The van der Waals surface area contributed by atoms with E-state index in [0.29, 0.717) is 22.9 Å². The summed E-state index contributed by atoms with van der Waals surface area (Å²) in [6.45, 7) is 8.34. The van der Waals surface area contributed by atoms with Gasteiger partial charge in [0.25, 0.3) is 0 Å². The second-order valence-electron chi connectivity index (χ2n) is 5.72. The molecule has 0 radical (unpaired) electrons. The molecule has 0 spiro atoms.